The van der Waals surface area contributed by atoms with Crippen molar-refractivity contribution < 1.29 is 0 Å². The van der Waals surface area contributed by atoms with Crippen LogP contribution in [-0.2, 0) is 7.05 Å². The van der Waals surface area contributed by atoms with Crippen molar-refractivity contribution in [3.05, 3.63) is 53.6 Å². The van der Waals surface area contributed by atoms with Gasteiger partial charge >= 0.3 is 0 Å². The van der Waals surface area contributed by atoms with Crippen LogP contribution in [0.3, 0.4) is 0 Å². The van der Waals surface area contributed by atoms with E-state index in [9.17, 15) is 0 Å². The molecule has 2 aliphatic heterocycles. The van der Waals surface area contributed by atoms with Gasteiger partial charge in [0.25, 0.3) is 0 Å². The second-order valence-corrected chi connectivity index (χ2v) is 9.30. The maximum absolute atomic E-state index is 5.17. The van der Waals surface area contributed by atoms with Crippen molar-refractivity contribution in [2.45, 2.75) is 38.3 Å². The number of hydrogen-bond donors (Lipinski definition) is 0. The van der Waals surface area contributed by atoms with E-state index in [0.29, 0.717) is 12.1 Å². The fraction of sp³-hybridized carbons (Fsp3) is 0.520. The largest absolute Gasteiger partial charge is 0.367 e. The molecule has 2 fully saturated rings. The van der Waals surface area contributed by atoms with Crippen molar-refractivity contribution in [2.75, 3.05) is 45.2 Å². The van der Waals surface area contributed by atoms with Crippen molar-refractivity contribution in [3.63, 3.8) is 0 Å². The van der Waals surface area contributed by atoms with Gasteiger partial charge in [0.2, 0.25) is 0 Å². The van der Waals surface area contributed by atoms with E-state index in [1.165, 1.54) is 34.7 Å². The zero-order valence-electron chi connectivity index (χ0n) is 19.3. The van der Waals surface area contributed by atoms with Crippen LogP contribution in [-0.4, -0.2) is 64.6 Å². The molecule has 2 aromatic heterocycles. The Morgan fingerprint density at radius 1 is 0.903 bits per heavy atom. The molecule has 164 valence electrons. The van der Waals surface area contributed by atoms with Gasteiger partial charge in [-0.3, -0.25) is 9.88 Å². The van der Waals surface area contributed by atoms with Gasteiger partial charge in [0.1, 0.15) is 5.82 Å². The first-order valence-corrected chi connectivity index (χ1v) is 11.6. The van der Waals surface area contributed by atoms with Crippen LogP contribution in [0.1, 0.15) is 48.4 Å². The molecule has 0 radical (unpaired) electrons. The topological polar surface area (TPSA) is 40.4 Å². The van der Waals surface area contributed by atoms with Crippen molar-refractivity contribution >= 4 is 16.7 Å². The number of likely N-dealkylation sites (N-methyl/N-ethyl adjacent to an activating group) is 1. The SMILES string of the molecule is Cc1cccnc1[C@@H]1CCC[C@H](c2nc3cccc(N4CCN(C)CC4)c3n2C)N1C. The molecule has 0 amide bonds. The molecule has 0 saturated carbocycles. The monoisotopic (exact) mass is 418 g/mol. The molecule has 3 aromatic rings. The van der Waals surface area contributed by atoms with Crippen molar-refractivity contribution in [1.82, 2.24) is 24.3 Å². The Kier molecular flexibility index (Phi) is 5.44. The van der Waals surface area contributed by atoms with Crippen LogP contribution in [0.5, 0.6) is 0 Å². The lowest BCUT2D eigenvalue weighted by molar-refractivity contribution is 0.104. The Morgan fingerprint density at radius 2 is 1.68 bits per heavy atom. The summed E-state index contributed by atoms with van der Waals surface area (Å²) in [4.78, 5) is 17.4. The highest BCUT2D eigenvalue weighted by Gasteiger charge is 2.34. The van der Waals surface area contributed by atoms with E-state index < -0.39 is 0 Å². The number of imidazole rings is 1. The van der Waals surface area contributed by atoms with Crippen molar-refractivity contribution in [1.29, 1.82) is 0 Å². The standard InChI is InChI=1S/C25H34N6/c1-18-8-7-13-26-23(18)20-10-6-12-22(29(20)3)25-27-19-9-5-11-21(24(19)30(25)4)31-16-14-28(2)15-17-31/h5,7-9,11,13,20,22H,6,10,12,14-17H2,1-4H3/t20-,22+/m0/s1. The normalized spacial score (nSPS) is 23.5. The Balaban J connectivity index is 1.51. The summed E-state index contributed by atoms with van der Waals surface area (Å²) in [5.74, 6) is 1.18. The van der Waals surface area contributed by atoms with E-state index >= 15 is 0 Å². The molecule has 0 unspecified atom stereocenters. The molecule has 6 heteroatoms. The highest BCUT2D eigenvalue weighted by molar-refractivity contribution is 5.89. The van der Waals surface area contributed by atoms with E-state index in [4.69, 9.17) is 9.97 Å². The summed E-state index contributed by atoms with van der Waals surface area (Å²) in [6.07, 6.45) is 5.42. The molecule has 0 bridgehead atoms. The highest BCUT2D eigenvalue weighted by atomic mass is 15.3. The third kappa shape index (κ3) is 3.62. The molecule has 5 rings (SSSR count). The Labute approximate surface area is 185 Å². The van der Waals surface area contributed by atoms with Crippen LogP contribution in [0, 0.1) is 6.92 Å². The molecule has 0 N–H and O–H groups in total. The molecule has 0 aliphatic carbocycles. The molecule has 6 nitrogen and oxygen atoms in total. The number of nitrogens with zero attached hydrogens (tertiary/aromatic N) is 6. The molecule has 2 aliphatic rings. The average molecular weight is 419 g/mol. The number of fused-ring (bicyclic) bond motifs is 1. The second kappa shape index (κ2) is 8.24. The van der Waals surface area contributed by atoms with Gasteiger partial charge in [-0.25, -0.2) is 4.98 Å². The lowest BCUT2D eigenvalue weighted by atomic mass is 9.92. The summed E-state index contributed by atoms with van der Waals surface area (Å²) in [7, 11) is 6.66. The molecule has 31 heavy (non-hydrogen) atoms. The number of rotatable bonds is 3. The molecule has 2 atom stereocenters. The fourth-order valence-corrected chi connectivity index (χ4v) is 5.48. The first-order chi connectivity index (χ1) is 15.0. The average Bonchev–Trinajstić information content (AvgIpc) is 3.12. The second-order valence-electron chi connectivity index (χ2n) is 9.30. The number of piperidine rings is 1. The van der Waals surface area contributed by atoms with Crippen LogP contribution in [0.25, 0.3) is 11.0 Å². The number of benzene rings is 1. The summed E-state index contributed by atoms with van der Waals surface area (Å²) in [6, 6.07) is 11.5. The Bertz CT molecular complexity index is 1070. The van der Waals surface area contributed by atoms with E-state index in [1.54, 1.807) is 0 Å². The summed E-state index contributed by atoms with van der Waals surface area (Å²) in [6.45, 7) is 6.53. The Hall–Kier alpha value is -2.44. The first-order valence-electron chi connectivity index (χ1n) is 11.6. The van der Waals surface area contributed by atoms with Crippen LogP contribution in [0.2, 0.25) is 0 Å². The zero-order valence-corrected chi connectivity index (χ0v) is 19.3. The third-order valence-corrected chi connectivity index (χ3v) is 7.35. The predicted octanol–water partition coefficient (Wildman–Crippen LogP) is 3.93. The van der Waals surface area contributed by atoms with Crippen molar-refractivity contribution in [3.8, 4) is 0 Å². The van der Waals surface area contributed by atoms with E-state index in [2.05, 4.69) is 71.6 Å². The minimum absolute atomic E-state index is 0.304. The van der Waals surface area contributed by atoms with E-state index in [0.717, 1.165) is 44.5 Å². The number of hydrogen-bond acceptors (Lipinski definition) is 5. The summed E-state index contributed by atoms with van der Waals surface area (Å²) >= 11 is 0. The summed E-state index contributed by atoms with van der Waals surface area (Å²) in [5, 5.41) is 0. The van der Waals surface area contributed by atoms with Gasteiger partial charge in [-0.1, -0.05) is 12.1 Å². The Morgan fingerprint density at radius 3 is 2.45 bits per heavy atom. The van der Waals surface area contributed by atoms with E-state index in [-0.39, 0.29) is 0 Å². The number of aromatic nitrogens is 3. The van der Waals surface area contributed by atoms with Gasteiger partial charge in [-0.15, -0.1) is 0 Å². The van der Waals surface area contributed by atoms with Crippen molar-refractivity contribution in [2.24, 2.45) is 7.05 Å². The van der Waals surface area contributed by atoms with Gasteiger partial charge in [-0.05, 0) is 64.0 Å². The number of aryl methyl sites for hydroxylation is 2. The van der Waals surface area contributed by atoms with Crippen LogP contribution in [0.15, 0.2) is 36.5 Å². The number of pyridine rings is 1. The summed E-state index contributed by atoms with van der Waals surface area (Å²) in [5.41, 5.74) is 6.20. The minimum atomic E-state index is 0.304. The fourth-order valence-electron chi connectivity index (χ4n) is 5.48. The molecule has 1 aromatic carbocycles. The number of anilines is 1. The molecular weight excluding hydrogens is 384 g/mol. The number of piperazine rings is 1. The van der Waals surface area contributed by atoms with Gasteiger partial charge in [0, 0.05) is 39.4 Å². The van der Waals surface area contributed by atoms with Gasteiger partial charge in [0.15, 0.2) is 0 Å². The smallest absolute Gasteiger partial charge is 0.127 e. The zero-order chi connectivity index (χ0) is 21.5. The predicted molar refractivity (Wildman–Crippen MR) is 126 cm³/mol. The minimum Gasteiger partial charge on any atom is -0.367 e. The third-order valence-electron chi connectivity index (χ3n) is 7.35. The molecule has 2 saturated heterocycles. The molecule has 0 spiro atoms. The number of likely N-dealkylation sites (tertiary alicyclic amines) is 1. The molecular formula is C25H34N6. The lowest BCUT2D eigenvalue weighted by Gasteiger charge is -2.39. The van der Waals surface area contributed by atoms with Gasteiger partial charge in [0.05, 0.1) is 34.5 Å². The molecule has 4 heterocycles. The van der Waals surface area contributed by atoms with E-state index in [1.807, 2.05) is 12.3 Å². The lowest BCUT2D eigenvalue weighted by Crippen LogP contribution is -2.44. The maximum atomic E-state index is 5.17. The van der Waals surface area contributed by atoms with Crippen LogP contribution >= 0.6 is 0 Å². The van der Waals surface area contributed by atoms with Crippen LogP contribution in [0.4, 0.5) is 5.69 Å². The quantitative estimate of drug-likeness (QED) is 0.645. The van der Waals surface area contributed by atoms with Gasteiger partial charge < -0.3 is 14.4 Å². The van der Waals surface area contributed by atoms with Gasteiger partial charge in [-0.2, -0.15) is 0 Å². The first kappa shape index (κ1) is 20.5. The van der Waals surface area contributed by atoms with Crippen LogP contribution < -0.4 is 4.90 Å². The highest BCUT2D eigenvalue weighted by Crippen LogP contribution is 2.41. The maximum Gasteiger partial charge on any atom is 0.127 e. The summed E-state index contributed by atoms with van der Waals surface area (Å²) < 4.78 is 2.36. The number of para-hydroxylation sites is 1.